The second-order valence-electron chi connectivity index (χ2n) is 6.29. The van der Waals surface area contributed by atoms with Crippen LogP contribution >= 0.6 is 11.3 Å². The normalized spacial score (nSPS) is 11.2. The van der Waals surface area contributed by atoms with Gasteiger partial charge in [-0.25, -0.2) is 0 Å². The van der Waals surface area contributed by atoms with Crippen LogP contribution in [0, 0.1) is 11.5 Å². The summed E-state index contributed by atoms with van der Waals surface area (Å²) in [6, 6.07) is 2.27. The summed E-state index contributed by atoms with van der Waals surface area (Å²) in [5.74, 6) is 3.42. The van der Waals surface area contributed by atoms with Crippen molar-refractivity contribution < 1.29 is 0 Å². The molecule has 0 aliphatic heterocycles. The second kappa shape index (κ2) is 8.61. The molecule has 0 fully saturated rings. The zero-order chi connectivity index (χ0) is 14.1. The van der Waals surface area contributed by atoms with Gasteiger partial charge in [-0.05, 0) is 29.9 Å². The fourth-order valence-corrected chi connectivity index (χ4v) is 3.37. The maximum absolute atomic E-state index is 3.48. The Hall–Kier alpha value is -0.523. The average Bonchev–Trinajstić information content (AvgIpc) is 2.78. The summed E-state index contributed by atoms with van der Waals surface area (Å²) in [4.78, 5) is 1.32. The molecule has 0 aliphatic rings. The third kappa shape index (κ3) is 7.60. The predicted molar refractivity (Wildman–Crippen MR) is 91.6 cm³/mol. The van der Waals surface area contributed by atoms with Crippen molar-refractivity contribution in [1.29, 1.82) is 0 Å². The van der Waals surface area contributed by atoms with Gasteiger partial charge in [0.05, 0.1) is 4.88 Å². The van der Waals surface area contributed by atoms with Crippen LogP contribution in [-0.4, -0.2) is 8.07 Å². The summed E-state index contributed by atoms with van der Waals surface area (Å²) in [6.45, 7) is 9.19. The van der Waals surface area contributed by atoms with E-state index in [-0.39, 0.29) is 0 Å². The van der Waals surface area contributed by atoms with Crippen LogP contribution < -0.4 is 0 Å². The molecular weight excluding hydrogens is 264 g/mol. The molecule has 0 aromatic carbocycles. The van der Waals surface area contributed by atoms with Gasteiger partial charge in [0.25, 0.3) is 0 Å². The van der Waals surface area contributed by atoms with Gasteiger partial charge in [-0.2, -0.15) is 0 Å². The molecule has 0 atom stereocenters. The van der Waals surface area contributed by atoms with E-state index in [0.29, 0.717) is 0 Å². The molecule has 0 radical (unpaired) electrons. The van der Waals surface area contributed by atoms with Gasteiger partial charge in [-0.3, -0.25) is 0 Å². The molecule has 19 heavy (non-hydrogen) atoms. The van der Waals surface area contributed by atoms with Crippen molar-refractivity contribution in [2.45, 2.75) is 71.5 Å². The maximum Gasteiger partial charge on any atom is 0.129 e. The average molecular weight is 293 g/mol. The summed E-state index contributed by atoms with van der Waals surface area (Å²) in [6.07, 6.45) is 9.44. The Balaban J connectivity index is 2.38. The van der Waals surface area contributed by atoms with Gasteiger partial charge in [-0.1, -0.05) is 64.6 Å². The van der Waals surface area contributed by atoms with Gasteiger partial charge in [0, 0.05) is 0 Å². The fraction of sp³-hybridized carbons (Fsp3) is 0.647. The third-order valence-electron chi connectivity index (χ3n) is 3.10. The summed E-state index contributed by atoms with van der Waals surface area (Å²) in [7, 11) is -1.24. The largest absolute Gasteiger partial charge is 0.135 e. The van der Waals surface area contributed by atoms with Gasteiger partial charge in [0.15, 0.2) is 0 Å². The lowest BCUT2D eigenvalue weighted by Gasteiger charge is -2.04. The van der Waals surface area contributed by atoms with E-state index < -0.39 is 8.07 Å². The van der Waals surface area contributed by atoms with Crippen LogP contribution in [-0.2, 0) is 6.42 Å². The first kappa shape index (κ1) is 16.5. The van der Waals surface area contributed by atoms with Gasteiger partial charge < -0.3 is 0 Å². The second-order valence-corrected chi connectivity index (χ2v) is 12.0. The van der Waals surface area contributed by atoms with Crippen LogP contribution in [0.25, 0.3) is 0 Å². The van der Waals surface area contributed by atoms with Crippen molar-refractivity contribution in [2.24, 2.45) is 0 Å². The summed E-state index contributed by atoms with van der Waals surface area (Å²) in [5, 5.41) is 2.20. The van der Waals surface area contributed by atoms with Crippen molar-refractivity contribution in [2.75, 3.05) is 0 Å². The zero-order valence-electron chi connectivity index (χ0n) is 13.0. The number of aryl methyl sites for hydroxylation is 1. The number of hydrogen-bond acceptors (Lipinski definition) is 1. The third-order valence-corrected chi connectivity index (χ3v) is 4.84. The SMILES string of the molecule is CCCCCCCCc1ccsc1C#C[Si](C)(C)C. The van der Waals surface area contributed by atoms with Gasteiger partial charge in [-0.15, -0.1) is 16.9 Å². The maximum atomic E-state index is 3.48. The minimum Gasteiger partial charge on any atom is -0.135 e. The smallest absolute Gasteiger partial charge is 0.129 e. The lowest BCUT2D eigenvalue weighted by atomic mass is 10.1. The molecule has 0 saturated heterocycles. The summed E-state index contributed by atoms with van der Waals surface area (Å²) < 4.78 is 0. The Morgan fingerprint density at radius 2 is 1.74 bits per heavy atom. The van der Waals surface area contributed by atoms with Gasteiger partial charge in [0.2, 0.25) is 0 Å². The van der Waals surface area contributed by atoms with E-state index in [1.54, 1.807) is 0 Å². The van der Waals surface area contributed by atoms with Gasteiger partial charge in [0.1, 0.15) is 8.07 Å². The number of unbranched alkanes of at least 4 members (excludes halogenated alkanes) is 5. The van der Waals surface area contributed by atoms with Crippen molar-refractivity contribution >= 4 is 19.4 Å². The number of thiophene rings is 1. The molecule has 0 amide bonds. The molecule has 0 bridgehead atoms. The highest BCUT2D eigenvalue weighted by Crippen LogP contribution is 2.19. The van der Waals surface area contributed by atoms with Crippen LogP contribution in [0.5, 0.6) is 0 Å². The molecule has 0 unspecified atom stereocenters. The summed E-state index contributed by atoms with van der Waals surface area (Å²) in [5.41, 5.74) is 4.96. The Kier molecular flexibility index (Phi) is 7.49. The topological polar surface area (TPSA) is 0 Å². The van der Waals surface area contributed by atoms with Crippen molar-refractivity contribution in [3.8, 4) is 11.5 Å². The van der Waals surface area contributed by atoms with E-state index in [9.17, 15) is 0 Å². The van der Waals surface area contributed by atoms with Crippen molar-refractivity contribution in [3.63, 3.8) is 0 Å². The lowest BCUT2D eigenvalue weighted by Crippen LogP contribution is -2.16. The zero-order valence-corrected chi connectivity index (χ0v) is 14.8. The molecule has 0 aliphatic carbocycles. The molecule has 0 saturated carbocycles. The lowest BCUT2D eigenvalue weighted by molar-refractivity contribution is 0.607. The Morgan fingerprint density at radius 1 is 1.05 bits per heavy atom. The van der Waals surface area contributed by atoms with E-state index in [1.165, 1.54) is 55.4 Å². The summed E-state index contributed by atoms with van der Waals surface area (Å²) >= 11 is 1.81. The molecule has 1 aromatic rings. The monoisotopic (exact) mass is 292 g/mol. The molecule has 106 valence electrons. The van der Waals surface area contributed by atoms with Crippen molar-refractivity contribution in [3.05, 3.63) is 21.9 Å². The minimum absolute atomic E-state index is 1.21. The standard InChI is InChI=1S/C17H28SSi/c1-5-6-7-8-9-10-11-16-12-14-18-17(16)13-15-19(2,3)4/h12,14H,5-11H2,1-4H3. The highest BCUT2D eigenvalue weighted by Gasteiger charge is 2.08. The Labute approximate surface area is 124 Å². The van der Waals surface area contributed by atoms with E-state index in [0.717, 1.165) is 0 Å². The molecule has 0 spiro atoms. The van der Waals surface area contributed by atoms with Gasteiger partial charge >= 0.3 is 0 Å². The van der Waals surface area contributed by atoms with E-state index in [1.807, 2.05) is 11.3 Å². The van der Waals surface area contributed by atoms with Crippen LogP contribution in [0.3, 0.4) is 0 Å². The van der Waals surface area contributed by atoms with E-state index in [2.05, 4.69) is 49.5 Å². The molecule has 1 heterocycles. The fourth-order valence-electron chi connectivity index (χ4n) is 1.98. The minimum atomic E-state index is -1.24. The molecule has 0 N–H and O–H groups in total. The first-order valence-electron chi connectivity index (χ1n) is 7.62. The van der Waals surface area contributed by atoms with E-state index >= 15 is 0 Å². The van der Waals surface area contributed by atoms with Crippen molar-refractivity contribution in [1.82, 2.24) is 0 Å². The highest BCUT2D eigenvalue weighted by atomic mass is 32.1. The molecule has 1 rings (SSSR count). The van der Waals surface area contributed by atoms with Crippen LogP contribution in [0.4, 0.5) is 0 Å². The molecule has 2 heteroatoms. The highest BCUT2D eigenvalue weighted by molar-refractivity contribution is 7.10. The van der Waals surface area contributed by atoms with Crippen LogP contribution in [0.2, 0.25) is 19.6 Å². The Morgan fingerprint density at radius 3 is 2.42 bits per heavy atom. The van der Waals surface area contributed by atoms with E-state index in [4.69, 9.17) is 0 Å². The quantitative estimate of drug-likeness (QED) is 0.334. The number of rotatable bonds is 7. The molecule has 1 aromatic heterocycles. The first-order chi connectivity index (χ1) is 9.03. The molecular formula is C17H28SSi. The number of hydrogen-bond donors (Lipinski definition) is 0. The Bertz CT molecular complexity index is 414. The molecule has 0 nitrogen and oxygen atoms in total. The van der Waals surface area contributed by atoms with Crippen LogP contribution in [0.15, 0.2) is 11.4 Å². The predicted octanol–water partition coefficient (Wildman–Crippen LogP) is 5.88. The first-order valence-corrected chi connectivity index (χ1v) is 12.0. The van der Waals surface area contributed by atoms with Crippen LogP contribution in [0.1, 0.15) is 55.9 Å².